The first-order valence-electron chi connectivity index (χ1n) is 8.28. The molecule has 1 rings (SSSR count). The second-order valence-electron chi connectivity index (χ2n) is 6.95. The van der Waals surface area contributed by atoms with Crippen LogP contribution in [0.1, 0.15) is 16.7 Å². The maximum Gasteiger partial charge on any atom is 0.430 e. The van der Waals surface area contributed by atoms with Crippen molar-refractivity contribution in [3.63, 3.8) is 0 Å². The van der Waals surface area contributed by atoms with E-state index in [0.29, 0.717) is 0 Å². The monoisotopic (exact) mass is 579 g/mol. The molecule has 0 saturated carbocycles. The maximum atomic E-state index is 13.6. The number of nitrogens with zero attached hydrogens (tertiary/aromatic N) is 3. The molecule has 1 aromatic carbocycles. The Labute approximate surface area is 191 Å². The highest BCUT2D eigenvalue weighted by Gasteiger charge is 2.79. The second kappa shape index (κ2) is 8.49. The molecule has 8 nitrogen and oxygen atoms in total. The van der Waals surface area contributed by atoms with Gasteiger partial charge in [0.15, 0.2) is 0 Å². The lowest BCUT2D eigenvalue weighted by Gasteiger charge is -2.43. The number of anilines is 2. The highest BCUT2D eigenvalue weighted by Crippen LogP contribution is 2.62. The molecule has 37 heavy (non-hydrogen) atoms. The predicted molar refractivity (Wildman–Crippen MR) is 86.4 cm³/mol. The fraction of sp³-hybridized carbons (Fsp3) is 0.571. The molecule has 0 radical (unpaired) electrons. The van der Waals surface area contributed by atoms with Gasteiger partial charge in [0.05, 0.1) is 0 Å². The van der Waals surface area contributed by atoms with Crippen LogP contribution in [0.25, 0.3) is 10.4 Å². The van der Waals surface area contributed by atoms with E-state index in [2.05, 4.69) is 0 Å². The van der Waals surface area contributed by atoms with Crippen molar-refractivity contribution in [1.29, 1.82) is 0 Å². The van der Waals surface area contributed by atoms with Gasteiger partial charge < -0.3 is 26.8 Å². The topological polar surface area (TPSA) is 161 Å². The van der Waals surface area contributed by atoms with Crippen molar-refractivity contribution >= 4 is 11.4 Å². The molecule has 1 aromatic rings. The Kier molecular flexibility index (Phi) is 7.34. The van der Waals surface area contributed by atoms with Gasteiger partial charge in [-0.2, -0.15) is 65.9 Å². The molecule has 0 amide bonds. The third-order valence-corrected chi connectivity index (χ3v) is 4.69. The lowest BCUT2D eigenvalue weighted by molar-refractivity contribution is -0.388. The van der Waals surface area contributed by atoms with Crippen LogP contribution in [0.4, 0.5) is 77.2 Å². The summed E-state index contributed by atoms with van der Waals surface area (Å²) in [6.07, 6.45) is -36.8. The summed E-state index contributed by atoms with van der Waals surface area (Å²) in [5.41, 5.74) is -18.9. The van der Waals surface area contributed by atoms with E-state index in [1.165, 1.54) is 10.0 Å². The van der Waals surface area contributed by atoms with Crippen LogP contribution >= 0.6 is 0 Å². The summed E-state index contributed by atoms with van der Waals surface area (Å²) >= 11 is 0. The summed E-state index contributed by atoms with van der Waals surface area (Å²) in [4.78, 5) is 1.27. The van der Waals surface area contributed by atoms with Crippen molar-refractivity contribution in [3.05, 3.63) is 33.2 Å². The smallest absolute Gasteiger partial charge is 0.398 e. The average Bonchev–Trinajstić information content (AvgIpc) is 2.61. The minimum Gasteiger partial charge on any atom is -0.398 e. The molecule has 0 bridgehead atoms. The molecular formula is C14H8F15N5O3. The predicted octanol–water partition coefficient (Wildman–Crippen LogP) is 4.49. The highest BCUT2D eigenvalue weighted by atomic mass is 19.4. The minimum atomic E-state index is -7.57. The van der Waals surface area contributed by atoms with Crippen molar-refractivity contribution in [2.45, 2.75) is 47.8 Å². The Morgan fingerprint density at radius 2 is 0.865 bits per heavy atom. The van der Waals surface area contributed by atoms with E-state index >= 15 is 0 Å². The van der Waals surface area contributed by atoms with Crippen molar-refractivity contribution in [2.24, 2.45) is 5.11 Å². The number of halogens is 15. The standard InChI is InChI=1S/C14H8F15N5O3/c15-10(16,17)7(35,11(18,19)20)4-2(30)1-3(31)5(9(37,33-34-32)14(27,28)29)6(4)8(36,12(21,22)23)13(24,25)26/h1,35-37H,30-31H2. The third-order valence-electron chi connectivity index (χ3n) is 4.69. The number of rotatable bonds is 4. The zero-order valence-corrected chi connectivity index (χ0v) is 16.6. The summed E-state index contributed by atoms with van der Waals surface area (Å²) in [6.45, 7) is 0. The Bertz CT molecular complexity index is 1070. The van der Waals surface area contributed by atoms with Crippen molar-refractivity contribution in [1.82, 2.24) is 0 Å². The quantitative estimate of drug-likeness (QED) is 0.117. The Hall–Kier alpha value is -3.04. The van der Waals surface area contributed by atoms with Gasteiger partial charge in [-0.25, -0.2) is 0 Å². The Morgan fingerprint density at radius 3 is 1.14 bits per heavy atom. The molecule has 0 aliphatic rings. The van der Waals surface area contributed by atoms with Crippen LogP contribution in [0.15, 0.2) is 11.2 Å². The van der Waals surface area contributed by atoms with Gasteiger partial charge in [-0.3, -0.25) is 0 Å². The molecule has 1 atom stereocenters. The van der Waals surface area contributed by atoms with E-state index in [1.807, 2.05) is 0 Å². The molecule has 212 valence electrons. The molecule has 0 fully saturated rings. The summed E-state index contributed by atoms with van der Waals surface area (Å²) in [5, 5.41) is 30.5. The number of nitrogens with two attached hydrogens (primary N) is 2. The molecule has 0 aliphatic heterocycles. The molecule has 7 N–H and O–H groups in total. The summed E-state index contributed by atoms with van der Waals surface area (Å²) < 4.78 is 203. The van der Waals surface area contributed by atoms with Crippen molar-refractivity contribution < 1.29 is 81.2 Å². The maximum absolute atomic E-state index is 13.6. The lowest BCUT2D eigenvalue weighted by atomic mass is 9.74. The van der Waals surface area contributed by atoms with Gasteiger partial charge in [0.2, 0.25) is 0 Å². The van der Waals surface area contributed by atoms with Crippen LogP contribution in [0.3, 0.4) is 0 Å². The van der Waals surface area contributed by atoms with Gasteiger partial charge in [0, 0.05) is 33.0 Å². The summed E-state index contributed by atoms with van der Waals surface area (Å²) in [5.74, 6) is 0. The normalized spacial score (nSPS) is 16.3. The van der Waals surface area contributed by atoms with E-state index in [0.717, 1.165) is 0 Å². The average molecular weight is 579 g/mol. The van der Waals surface area contributed by atoms with Crippen LogP contribution in [0.5, 0.6) is 0 Å². The Morgan fingerprint density at radius 1 is 0.568 bits per heavy atom. The van der Waals surface area contributed by atoms with E-state index in [-0.39, 0.29) is 0 Å². The van der Waals surface area contributed by atoms with Crippen LogP contribution in [-0.2, 0) is 16.9 Å². The number of benzene rings is 1. The van der Waals surface area contributed by atoms with E-state index in [9.17, 15) is 81.2 Å². The minimum absolute atomic E-state index is 0.743. The molecule has 1 unspecified atom stereocenters. The molecule has 0 spiro atoms. The van der Waals surface area contributed by atoms with Gasteiger partial charge in [-0.05, 0) is 16.7 Å². The number of nitrogen functional groups attached to an aromatic ring is 2. The zero-order valence-electron chi connectivity index (χ0n) is 16.6. The number of azide groups is 1. The molecule has 0 aliphatic carbocycles. The lowest BCUT2D eigenvalue weighted by Crippen LogP contribution is -2.61. The fourth-order valence-corrected chi connectivity index (χ4v) is 3.05. The largest absolute Gasteiger partial charge is 0.430 e. The number of aliphatic hydroxyl groups is 3. The first-order chi connectivity index (χ1) is 16.0. The third kappa shape index (κ3) is 4.48. The SMILES string of the molecule is [N-]=[N+]=NC(O)(c1c(N)cc(N)c(C(O)(C(F)(F)F)C(F)(F)F)c1C(O)(C(F)(F)F)C(F)(F)F)C(F)(F)F. The molecule has 0 saturated heterocycles. The van der Waals surface area contributed by atoms with Crippen LogP contribution in [0.2, 0.25) is 0 Å². The van der Waals surface area contributed by atoms with E-state index in [1.54, 1.807) is 0 Å². The molecule has 0 aromatic heterocycles. The van der Waals surface area contributed by atoms with Gasteiger partial charge in [-0.1, -0.05) is 0 Å². The Balaban J connectivity index is 5.01. The molecular weight excluding hydrogens is 571 g/mol. The highest BCUT2D eigenvalue weighted by molar-refractivity contribution is 5.71. The number of hydrogen-bond acceptors (Lipinski definition) is 6. The van der Waals surface area contributed by atoms with Gasteiger partial charge in [-0.15, -0.1) is 0 Å². The van der Waals surface area contributed by atoms with Crippen molar-refractivity contribution in [3.8, 4) is 0 Å². The molecule has 0 heterocycles. The zero-order chi connectivity index (χ0) is 30.0. The van der Waals surface area contributed by atoms with E-state index in [4.69, 9.17) is 17.0 Å². The summed E-state index contributed by atoms with van der Waals surface area (Å²) in [7, 11) is 0. The van der Waals surface area contributed by atoms with Gasteiger partial charge in [0.25, 0.3) is 16.9 Å². The van der Waals surface area contributed by atoms with Crippen LogP contribution in [0, 0.1) is 0 Å². The number of hydrogen-bond donors (Lipinski definition) is 5. The van der Waals surface area contributed by atoms with Crippen LogP contribution in [-0.4, -0.2) is 46.2 Å². The fourth-order valence-electron chi connectivity index (χ4n) is 3.05. The first kappa shape index (κ1) is 32.0. The number of alkyl halides is 15. The van der Waals surface area contributed by atoms with E-state index < -0.39 is 81.9 Å². The van der Waals surface area contributed by atoms with Gasteiger partial charge in [0.1, 0.15) is 0 Å². The summed E-state index contributed by atoms with van der Waals surface area (Å²) in [6, 6.07) is -0.743. The molecule has 23 heteroatoms. The first-order valence-corrected chi connectivity index (χ1v) is 8.28. The van der Waals surface area contributed by atoms with Crippen molar-refractivity contribution in [2.75, 3.05) is 11.5 Å². The van der Waals surface area contributed by atoms with Gasteiger partial charge >= 0.3 is 30.9 Å². The van der Waals surface area contributed by atoms with Crippen LogP contribution < -0.4 is 11.5 Å². The second-order valence-corrected chi connectivity index (χ2v) is 6.95.